The minimum absolute atomic E-state index is 0.170. The van der Waals surface area contributed by atoms with Crippen LogP contribution >= 0.6 is 0 Å². The van der Waals surface area contributed by atoms with Gasteiger partial charge in [-0.25, -0.2) is 0 Å². The predicted molar refractivity (Wildman–Crippen MR) is 79.2 cm³/mol. The van der Waals surface area contributed by atoms with E-state index in [-0.39, 0.29) is 4.90 Å². The fourth-order valence-corrected chi connectivity index (χ4v) is 2.94. The molecule has 0 aliphatic carbocycles. The second-order valence-corrected chi connectivity index (χ2v) is 6.38. The van der Waals surface area contributed by atoms with Crippen molar-refractivity contribution in [1.29, 1.82) is 0 Å². The molecule has 2 aromatic carbocycles. The number of rotatable bonds is 3. The predicted octanol–water partition coefficient (Wildman–Crippen LogP) is 2.49. The summed E-state index contributed by atoms with van der Waals surface area (Å²) in [7, 11) is -3.75. The Labute approximate surface area is 122 Å². The zero-order valence-corrected chi connectivity index (χ0v) is 12.2. The Morgan fingerprint density at radius 3 is 2.29 bits per heavy atom. The summed E-state index contributed by atoms with van der Waals surface area (Å²) >= 11 is 0. The van der Waals surface area contributed by atoms with Crippen molar-refractivity contribution in [1.82, 2.24) is 14.4 Å². The molecule has 0 spiro atoms. The molecule has 0 unspecified atom stereocenters. The van der Waals surface area contributed by atoms with Crippen molar-refractivity contribution in [2.75, 3.05) is 0 Å². The molecule has 0 saturated carbocycles. The highest BCUT2D eigenvalue weighted by molar-refractivity contribution is 7.89. The molecule has 106 valence electrons. The van der Waals surface area contributed by atoms with Gasteiger partial charge in [-0.1, -0.05) is 52.2 Å². The van der Waals surface area contributed by atoms with E-state index in [4.69, 9.17) is 0 Å². The topological polar surface area (TPSA) is 64.8 Å². The molecule has 0 bridgehead atoms. The van der Waals surface area contributed by atoms with E-state index >= 15 is 0 Å². The Morgan fingerprint density at radius 2 is 1.62 bits per heavy atom. The van der Waals surface area contributed by atoms with Gasteiger partial charge >= 0.3 is 0 Å². The highest BCUT2D eigenvalue weighted by Crippen LogP contribution is 2.17. The van der Waals surface area contributed by atoms with Crippen LogP contribution in [0.2, 0.25) is 0 Å². The van der Waals surface area contributed by atoms with Crippen LogP contribution in [0, 0.1) is 6.92 Å². The van der Waals surface area contributed by atoms with Crippen molar-refractivity contribution in [3.63, 3.8) is 0 Å². The summed E-state index contributed by atoms with van der Waals surface area (Å²) in [6.07, 6.45) is 1.45. The van der Waals surface area contributed by atoms with Gasteiger partial charge in [-0.05, 0) is 19.1 Å². The summed E-state index contributed by atoms with van der Waals surface area (Å²) in [5.41, 5.74) is 2.33. The maximum absolute atomic E-state index is 12.4. The zero-order chi connectivity index (χ0) is 14.9. The lowest BCUT2D eigenvalue weighted by Gasteiger charge is -2.03. The van der Waals surface area contributed by atoms with Gasteiger partial charge in [0, 0.05) is 5.56 Å². The van der Waals surface area contributed by atoms with E-state index in [0.717, 1.165) is 15.3 Å². The molecular formula is C15H13N3O2S. The summed E-state index contributed by atoms with van der Waals surface area (Å²) in [6.45, 7) is 1.90. The zero-order valence-electron chi connectivity index (χ0n) is 11.3. The molecule has 0 amide bonds. The van der Waals surface area contributed by atoms with E-state index < -0.39 is 10.0 Å². The SMILES string of the molecule is Cc1ccc(S(=O)(=O)n2ncc(-c3ccccc3)n2)cc1. The lowest BCUT2D eigenvalue weighted by atomic mass is 10.2. The van der Waals surface area contributed by atoms with Crippen LogP contribution in [-0.4, -0.2) is 22.8 Å². The van der Waals surface area contributed by atoms with Crippen molar-refractivity contribution in [2.24, 2.45) is 0 Å². The van der Waals surface area contributed by atoms with Crippen LogP contribution in [0.5, 0.6) is 0 Å². The van der Waals surface area contributed by atoms with Crippen molar-refractivity contribution in [2.45, 2.75) is 11.8 Å². The van der Waals surface area contributed by atoms with E-state index in [0.29, 0.717) is 5.69 Å². The van der Waals surface area contributed by atoms with Gasteiger partial charge in [0.15, 0.2) is 0 Å². The fraction of sp³-hybridized carbons (Fsp3) is 0.0667. The van der Waals surface area contributed by atoms with E-state index in [1.165, 1.54) is 6.20 Å². The Kier molecular flexibility index (Phi) is 3.31. The lowest BCUT2D eigenvalue weighted by molar-refractivity contribution is 0.569. The van der Waals surface area contributed by atoms with Gasteiger partial charge in [0.05, 0.1) is 11.1 Å². The standard InChI is InChI=1S/C15H13N3O2S/c1-12-7-9-14(10-8-12)21(19,20)18-16-11-15(17-18)13-5-3-2-4-6-13/h2-11H,1H3. The van der Waals surface area contributed by atoms with E-state index in [2.05, 4.69) is 10.2 Å². The molecule has 0 fully saturated rings. The Balaban J connectivity index is 2.01. The summed E-state index contributed by atoms with van der Waals surface area (Å²) < 4.78 is 25.6. The monoisotopic (exact) mass is 299 g/mol. The largest absolute Gasteiger partial charge is 0.299 e. The van der Waals surface area contributed by atoms with Crippen LogP contribution in [0.15, 0.2) is 65.7 Å². The smallest absolute Gasteiger partial charge is 0.198 e. The summed E-state index contributed by atoms with van der Waals surface area (Å²) in [5, 5.41) is 7.95. The van der Waals surface area contributed by atoms with Crippen LogP contribution in [-0.2, 0) is 10.0 Å². The Morgan fingerprint density at radius 1 is 0.952 bits per heavy atom. The van der Waals surface area contributed by atoms with Crippen molar-refractivity contribution in [3.05, 3.63) is 66.4 Å². The maximum Gasteiger partial charge on any atom is 0.299 e. The van der Waals surface area contributed by atoms with Gasteiger partial charge in [-0.3, -0.25) is 0 Å². The molecule has 0 radical (unpaired) electrons. The number of hydrogen-bond acceptors (Lipinski definition) is 4. The third-order valence-corrected chi connectivity index (χ3v) is 4.55. The van der Waals surface area contributed by atoms with Crippen molar-refractivity contribution >= 4 is 10.0 Å². The number of aromatic nitrogens is 3. The molecular weight excluding hydrogens is 286 g/mol. The quantitative estimate of drug-likeness (QED) is 0.745. The minimum Gasteiger partial charge on any atom is -0.198 e. The van der Waals surface area contributed by atoms with Crippen LogP contribution in [0.25, 0.3) is 11.3 Å². The third kappa shape index (κ3) is 2.57. The normalized spacial score (nSPS) is 11.5. The summed E-state index contributed by atoms with van der Waals surface area (Å²) in [5.74, 6) is 0. The molecule has 0 aliphatic rings. The first-order valence-electron chi connectivity index (χ1n) is 6.37. The molecule has 0 N–H and O–H groups in total. The summed E-state index contributed by atoms with van der Waals surface area (Å²) in [6, 6.07) is 15.9. The third-order valence-electron chi connectivity index (χ3n) is 3.08. The molecule has 21 heavy (non-hydrogen) atoms. The van der Waals surface area contributed by atoms with Gasteiger partial charge in [-0.2, -0.15) is 8.42 Å². The van der Waals surface area contributed by atoms with Gasteiger partial charge in [-0.15, -0.1) is 10.2 Å². The molecule has 3 rings (SSSR count). The second kappa shape index (κ2) is 5.14. The molecule has 0 saturated heterocycles. The average molecular weight is 299 g/mol. The number of nitrogens with zero attached hydrogens (tertiary/aromatic N) is 3. The molecule has 6 heteroatoms. The van der Waals surface area contributed by atoms with Crippen LogP contribution < -0.4 is 0 Å². The Bertz CT molecular complexity index is 853. The second-order valence-electron chi connectivity index (χ2n) is 4.64. The van der Waals surface area contributed by atoms with E-state index in [1.807, 2.05) is 37.3 Å². The fourth-order valence-electron chi connectivity index (χ4n) is 1.91. The molecule has 3 aromatic rings. The van der Waals surface area contributed by atoms with Gasteiger partial charge in [0.1, 0.15) is 5.69 Å². The highest BCUT2D eigenvalue weighted by atomic mass is 32.2. The highest BCUT2D eigenvalue weighted by Gasteiger charge is 2.19. The van der Waals surface area contributed by atoms with Gasteiger partial charge in [0.2, 0.25) is 0 Å². The first kappa shape index (κ1) is 13.5. The van der Waals surface area contributed by atoms with Gasteiger partial charge < -0.3 is 0 Å². The first-order chi connectivity index (χ1) is 10.1. The van der Waals surface area contributed by atoms with E-state index in [9.17, 15) is 8.42 Å². The van der Waals surface area contributed by atoms with Crippen LogP contribution in [0.1, 0.15) is 5.56 Å². The first-order valence-corrected chi connectivity index (χ1v) is 7.81. The number of hydrogen-bond donors (Lipinski definition) is 0. The molecule has 0 aliphatic heterocycles. The average Bonchev–Trinajstić information content (AvgIpc) is 2.99. The number of aryl methyl sites for hydroxylation is 1. The minimum atomic E-state index is -3.75. The Hall–Kier alpha value is -2.47. The lowest BCUT2D eigenvalue weighted by Crippen LogP contribution is -2.16. The number of benzene rings is 2. The van der Waals surface area contributed by atoms with Crippen molar-refractivity contribution in [3.8, 4) is 11.3 Å². The molecule has 1 aromatic heterocycles. The van der Waals surface area contributed by atoms with Gasteiger partial charge in [0.25, 0.3) is 10.0 Å². The van der Waals surface area contributed by atoms with Crippen LogP contribution in [0.4, 0.5) is 0 Å². The summed E-state index contributed by atoms with van der Waals surface area (Å²) in [4.78, 5) is 0.170. The molecule has 0 atom stereocenters. The molecule has 1 heterocycles. The van der Waals surface area contributed by atoms with Crippen LogP contribution in [0.3, 0.4) is 0 Å². The molecule has 5 nitrogen and oxygen atoms in total. The maximum atomic E-state index is 12.4. The van der Waals surface area contributed by atoms with E-state index in [1.54, 1.807) is 24.3 Å². The van der Waals surface area contributed by atoms with Crippen molar-refractivity contribution < 1.29 is 8.42 Å².